The molecule has 0 spiro atoms. The molecule has 0 aromatic heterocycles. The Morgan fingerprint density at radius 3 is 1.20 bits per heavy atom. The molecule has 1 radical (unpaired) electrons. The van der Waals surface area contributed by atoms with Crippen LogP contribution >= 0.6 is 23.4 Å². The summed E-state index contributed by atoms with van der Waals surface area (Å²) in [6.45, 7) is 0. The Balaban J connectivity index is 0. The molecule has 0 fully saturated rings. The maximum absolute atomic E-state index is 0. The molecule has 0 aliphatic heterocycles. The van der Waals surface area contributed by atoms with Crippen LogP contribution in [0.2, 0.25) is 0 Å². The van der Waals surface area contributed by atoms with Gasteiger partial charge in [-0.25, -0.2) is 0 Å². The van der Waals surface area contributed by atoms with Crippen LogP contribution in [0.1, 0.15) is 2.85 Å². The predicted octanol–water partition coefficient (Wildman–Crippen LogP) is 0.0101. The molecule has 0 N–H and O–H groups in total. The predicted molar refractivity (Wildman–Crippen MR) is 29.5 cm³/mol. The van der Waals surface area contributed by atoms with Crippen LogP contribution in [0.3, 0.4) is 0 Å². The summed E-state index contributed by atoms with van der Waals surface area (Å²) in [5.74, 6) is 0. The second kappa shape index (κ2) is 29.5. The molecule has 0 saturated heterocycles. The first-order valence-corrected chi connectivity index (χ1v) is 0. The fourth-order valence-electron chi connectivity index (χ4n) is 0. The zero-order valence-electron chi connectivity index (χ0n) is 4.70. The molecule has 33 valence electrons. The van der Waals surface area contributed by atoms with Gasteiger partial charge in [0.15, 0.2) is 0 Å². The summed E-state index contributed by atoms with van der Waals surface area (Å²) in [7, 11) is 0. The molecular formula is H7MgMnMoPS. The van der Waals surface area contributed by atoms with Crippen molar-refractivity contribution in [2.24, 2.45) is 0 Å². The molecular weight excluding hydrogens is 238 g/mol. The van der Waals surface area contributed by atoms with Crippen molar-refractivity contribution in [2.75, 3.05) is 0 Å². The number of hydrogen-bond acceptors (Lipinski definition) is 0. The van der Waals surface area contributed by atoms with Gasteiger partial charge in [0.1, 0.15) is 0 Å². The first-order valence-electron chi connectivity index (χ1n) is 0. The Morgan fingerprint density at radius 2 is 1.20 bits per heavy atom. The minimum atomic E-state index is 0. The van der Waals surface area contributed by atoms with Crippen molar-refractivity contribution in [3.63, 3.8) is 0 Å². The van der Waals surface area contributed by atoms with Crippen molar-refractivity contribution >= 4 is 46.4 Å². The number of rotatable bonds is 0. The zero-order chi connectivity index (χ0) is 0. The molecule has 0 amide bonds. The molecule has 0 rings (SSSR count). The van der Waals surface area contributed by atoms with Crippen LogP contribution < -0.4 is 0 Å². The molecule has 1 atom stereocenters. The summed E-state index contributed by atoms with van der Waals surface area (Å²) >= 11 is 0. The third-order valence-corrected chi connectivity index (χ3v) is 0. The maximum Gasteiger partial charge on any atom is 2.00 e. The quantitative estimate of drug-likeness (QED) is 0.416. The molecule has 0 aliphatic rings. The Hall–Kier alpha value is 2.75. The monoisotopic (exact) mass is 247 g/mol. The first-order chi connectivity index (χ1) is 0. The van der Waals surface area contributed by atoms with Gasteiger partial charge in [0.2, 0.25) is 0 Å². The zero-order valence-corrected chi connectivity index (χ0v) is 9.72. The van der Waals surface area contributed by atoms with E-state index in [0.717, 1.165) is 0 Å². The average molecular weight is 245 g/mol. The molecule has 0 nitrogen and oxygen atoms in total. The molecule has 0 saturated carbocycles. The van der Waals surface area contributed by atoms with Gasteiger partial charge in [0.05, 0.1) is 0 Å². The van der Waals surface area contributed by atoms with E-state index in [1.807, 2.05) is 0 Å². The van der Waals surface area contributed by atoms with E-state index in [0.29, 0.717) is 0 Å². The van der Waals surface area contributed by atoms with E-state index in [9.17, 15) is 0 Å². The Bertz CT molecular complexity index is 17.7. The third kappa shape index (κ3) is 20.1. The van der Waals surface area contributed by atoms with E-state index in [1.54, 1.807) is 0 Å². The summed E-state index contributed by atoms with van der Waals surface area (Å²) in [5, 5.41) is 0. The van der Waals surface area contributed by atoms with E-state index in [2.05, 4.69) is 0 Å². The fraction of sp³-hybridized carbons (Fsp3) is 0. The largest absolute Gasteiger partial charge is 2.00 e. The van der Waals surface area contributed by atoms with E-state index in [-0.39, 0.29) is 87.4 Å². The van der Waals surface area contributed by atoms with Crippen LogP contribution in [-0.2, 0) is 38.1 Å². The molecule has 5 heteroatoms. The second-order valence-corrected chi connectivity index (χ2v) is 0. The van der Waals surface area contributed by atoms with E-state index in [1.165, 1.54) is 0 Å². The van der Waals surface area contributed by atoms with Gasteiger partial charge in [-0.3, -0.25) is 0 Å². The molecule has 5 heavy (non-hydrogen) atoms. The Kier molecular flexibility index (Phi) is 275. The van der Waals surface area contributed by atoms with Gasteiger partial charge < -0.3 is 2.85 Å². The van der Waals surface area contributed by atoms with Crippen LogP contribution in [-0.4, -0.2) is 23.1 Å². The minimum absolute atomic E-state index is 0. The molecule has 0 aromatic rings. The van der Waals surface area contributed by atoms with E-state index in [4.69, 9.17) is 0 Å². The minimum Gasteiger partial charge on any atom is -1.00 e. The fourth-order valence-corrected chi connectivity index (χ4v) is 0. The summed E-state index contributed by atoms with van der Waals surface area (Å²) in [4.78, 5) is 0. The van der Waals surface area contributed by atoms with Gasteiger partial charge >= 0.3 is 23.1 Å². The van der Waals surface area contributed by atoms with Crippen LogP contribution in [0, 0.1) is 0 Å². The van der Waals surface area contributed by atoms with Crippen molar-refractivity contribution in [1.82, 2.24) is 0 Å². The van der Waals surface area contributed by atoms with Gasteiger partial charge in [-0.2, -0.15) is 23.4 Å². The summed E-state index contributed by atoms with van der Waals surface area (Å²) in [6.07, 6.45) is 0. The maximum atomic E-state index is 0. The van der Waals surface area contributed by atoms with Crippen molar-refractivity contribution in [1.29, 1.82) is 0 Å². The Labute approximate surface area is 86.5 Å². The van der Waals surface area contributed by atoms with Crippen molar-refractivity contribution in [2.45, 2.75) is 0 Å². The molecule has 1 unspecified atom stereocenters. The Morgan fingerprint density at radius 1 is 1.20 bits per heavy atom. The van der Waals surface area contributed by atoms with Gasteiger partial charge in [-0.1, -0.05) is 0 Å². The van der Waals surface area contributed by atoms with Crippen LogP contribution in [0.25, 0.3) is 0 Å². The normalized spacial score (nSPS) is 0. The van der Waals surface area contributed by atoms with Crippen LogP contribution in [0.4, 0.5) is 0 Å². The first kappa shape index (κ1) is 46.6. The summed E-state index contributed by atoms with van der Waals surface area (Å²) in [6, 6.07) is 0. The summed E-state index contributed by atoms with van der Waals surface area (Å²) in [5.41, 5.74) is 0. The van der Waals surface area contributed by atoms with E-state index >= 15 is 0 Å². The summed E-state index contributed by atoms with van der Waals surface area (Å²) < 4.78 is 0. The van der Waals surface area contributed by atoms with Gasteiger partial charge in [0, 0.05) is 38.1 Å². The van der Waals surface area contributed by atoms with Crippen LogP contribution in [0.5, 0.6) is 0 Å². The molecule has 0 aromatic carbocycles. The molecule has 0 aliphatic carbocycles. The molecule has 0 bridgehead atoms. The van der Waals surface area contributed by atoms with Crippen LogP contribution in [0.15, 0.2) is 0 Å². The van der Waals surface area contributed by atoms with Crippen molar-refractivity contribution < 1.29 is 41.0 Å². The number of hydrogen-bond donors (Lipinski definition) is 0. The van der Waals surface area contributed by atoms with Gasteiger partial charge in [0.25, 0.3) is 0 Å². The van der Waals surface area contributed by atoms with E-state index < -0.39 is 0 Å². The van der Waals surface area contributed by atoms with Crippen molar-refractivity contribution in [3.8, 4) is 0 Å². The second-order valence-electron chi connectivity index (χ2n) is 0. The third-order valence-electron chi connectivity index (χ3n) is 0. The van der Waals surface area contributed by atoms with Crippen molar-refractivity contribution in [3.05, 3.63) is 0 Å². The smallest absolute Gasteiger partial charge is 1.00 e. The topological polar surface area (TPSA) is 0 Å². The van der Waals surface area contributed by atoms with Gasteiger partial charge in [-0.05, 0) is 0 Å². The van der Waals surface area contributed by atoms with Gasteiger partial charge in [-0.15, -0.1) is 0 Å². The standard InChI is InChI=1S/Mg.Mn.Mo.H3P.H2S.2H/h;;;1H3;1H2;;/q+2;;;;;2*-1. The molecule has 0 heterocycles. The SMILES string of the molecule is P.S.[H-].[H-].[Mg+2].[Mn].[Mo]. The average Bonchev–Trinajstić information content (AvgIpc) is 0.